The molecule has 1 aromatic rings. The third-order valence-electron chi connectivity index (χ3n) is 3.12. The van der Waals surface area contributed by atoms with E-state index in [0.717, 1.165) is 24.5 Å². The highest BCUT2D eigenvalue weighted by atomic mass is 32.2. The lowest BCUT2D eigenvalue weighted by Crippen LogP contribution is -2.38. The van der Waals surface area contributed by atoms with Gasteiger partial charge in [-0.15, -0.1) is 0 Å². The van der Waals surface area contributed by atoms with Crippen LogP contribution in [0, 0.1) is 13.8 Å². The Morgan fingerprint density at radius 1 is 1.24 bits per heavy atom. The maximum atomic E-state index is 11.8. The van der Waals surface area contributed by atoms with Crippen LogP contribution in [0.3, 0.4) is 0 Å². The zero-order valence-corrected chi connectivity index (χ0v) is 14.4. The Bertz CT molecular complexity index is 428. The molecule has 0 fully saturated rings. The van der Waals surface area contributed by atoms with Crippen molar-refractivity contribution in [2.75, 3.05) is 18.9 Å². The summed E-state index contributed by atoms with van der Waals surface area (Å²) >= 11 is 1.87. The maximum absolute atomic E-state index is 11.8. The average molecular weight is 309 g/mol. The molecular weight excluding hydrogens is 282 g/mol. The van der Waals surface area contributed by atoms with Gasteiger partial charge in [0.25, 0.3) is 0 Å². The highest BCUT2D eigenvalue weighted by Crippen LogP contribution is 2.17. The van der Waals surface area contributed by atoms with Gasteiger partial charge in [0.15, 0.2) is 0 Å². The first-order valence-corrected chi connectivity index (χ1v) is 8.77. The Morgan fingerprint density at radius 3 is 2.48 bits per heavy atom. The van der Waals surface area contributed by atoms with Gasteiger partial charge in [0.2, 0.25) is 0 Å². The van der Waals surface area contributed by atoms with Crippen molar-refractivity contribution in [1.29, 1.82) is 0 Å². The van der Waals surface area contributed by atoms with E-state index in [1.54, 1.807) is 0 Å². The second kappa shape index (κ2) is 9.85. The fourth-order valence-electron chi connectivity index (χ4n) is 2.34. The third-order valence-corrected chi connectivity index (χ3v) is 4.18. The molecule has 1 atom stereocenters. The fourth-order valence-corrected chi connectivity index (χ4v) is 3.29. The molecule has 3 nitrogen and oxygen atoms in total. The predicted molar refractivity (Wildman–Crippen MR) is 90.8 cm³/mol. The van der Waals surface area contributed by atoms with Crippen molar-refractivity contribution < 1.29 is 9.53 Å². The number of likely N-dealkylation sites (N-methyl/N-ethyl adjacent to an activating group) is 1. The molecular formula is C17H27NO2S. The lowest BCUT2D eigenvalue weighted by Gasteiger charge is -2.16. The van der Waals surface area contributed by atoms with Crippen molar-refractivity contribution >= 4 is 17.7 Å². The SMILES string of the molecule is CCNC(CCSCc1cc(C)cc(C)c1)C(=O)OCC. The van der Waals surface area contributed by atoms with E-state index in [2.05, 4.69) is 37.4 Å². The molecule has 0 heterocycles. The Kier molecular flexibility index (Phi) is 8.47. The molecule has 118 valence electrons. The Morgan fingerprint density at radius 2 is 1.90 bits per heavy atom. The molecule has 0 aliphatic heterocycles. The van der Waals surface area contributed by atoms with Crippen LogP contribution in [0.25, 0.3) is 0 Å². The number of carbonyl (C=O) groups is 1. The standard InChI is InChI=1S/C17H27NO2S/c1-5-18-16(17(19)20-6-2)7-8-21-12-15-10-13(3)9-14(4)11-15/h9-11,16,18H,5-8,12H2,1-4H3. The highest BCUT2D eigenvalue weighted by molar-refractivity contribution is 7.98. The van der Waals surface area contributed by atoms with Crippen molar-refractivity contribution in [2.24, 2.45) is 0 Å². The molecule has 1 unspecified atom stereocenters. The summed E-state index contributed by atoms with van der Waals surface area (Å²) in [4.78, 5) is 11.8. The van der Waals surface area contributed by atoms with Crippen LogP contribution in [0.15, 0.2) is 18.2 Å². The number of thioether (sulfide) groups is 1. The molecule has 0 saturated heterocycles. The van der Waals surface area contributed by atoms with Crippen molar-refractivity contribution in [3.05, 3.63) is 34.9 Å². The second-order valence-corrected chi connectivity index (χ2v) is 6.30. The molecule has 1 N–H and O–H groups in total. The number of nitrogens with one attached hydrogen (secondary N) is 1. The van der Waals surface area contributed by atoms with Gasteiger partial charge >= 0.3 is 5.97 Å². The van der Waals surface area contributed by atoms with Crippen LogP contribution in [0.5, 0.6) is 0 Å². The summed E-state index contributed by atoms with van der Waals surface area (Å²) in [5.74, 6) is 1.81. The average Bonchev–Trinajstić information content (AvgIpc) is 2.41. The van der Waals surface area contributed by atoms with Crippen molar-refractivity contribution in [3.8, 4) is 0 Å². The number of hydrogen-bond acceptors (Lipinski definition) is 4. The first-order valence-electron chi connectivity index (χ1n) is 7.61. The lowest BCUT2D eigenvalue weighted by molar-refractivity contribution is -0.145. The minimum atomic E-state index is -0.179. The minimum absolute atomic E-state index is 0.133. The van der Waals surface area contributed by atoms with E-state index in [1.807, 2.05) is 25.6 Å². The summed E-state index contributed by atoms with van der Waals surface area (Å²) in [6.45, 7) is 9.33. The van der Waals surface area contributed by atoms with E-state index in [-0.39, 0.29) is 12.0 Å². The maximum Gasteiger partial charge on any atom is 0.323 e. The number of rotatable bonds is 9. The van der Waals surface area contributed by atoms with Gasteiger partial charge in [-0.1, -0.05) is 36.2 Å². The van der Waals surface area contributed by atoms with Gasteiger partial charge in [-0.2, -0.15) is 11.8 Å². The van der Waals surface area contributed by atoms with Crippen LogP contribution >= 0.6 is 11.8 Å². The molecule has 0 bridgehead atoms. The van der Waals surface area contributed by atoms with Gasteiger partial charge < -0.3 is 10.1 Å². The first-order chi connectivity index (χ1) is 10.1. The summed E-state index contributed by atoms with van der Waals surface area (Å²) in [6.07, 6.45) is 0.808. The highest BCUT2D eigenvalue weighted by Gasteiger charge is 2.17. The molecule has 0 aliphatic carbocycles. The Labute approximate surface area is 132 Å². The first kappa shape index (κ1) is 18.1. The molecule has 0 saturated carbocycles. The van der Waals surface area contributed by atoms with Gasteiger partial charge in [0.1, 0.15) is 6.04 Å². The van der Waals surface area contributed by atoms with Gasteiger partial charge in [0.05, 0.1) is 6.61 Å². The van der Waals surface area contributed by atoms with Crippen LogP contribution in [0.1, 0.15) is 37.0 Å². The molecule has 0 spiro atoms. The number of hydrogen-bond donors (Lipinski definition) is 1. The predicted octanol–water partition coefficient (Wildman–Crippen LogP) is 3.47. The number of aryl methyl sites for hydroxylation is 2. The molecule has 0 aliphatic rings. The van der Waals surface area contributed by atoms with E-state index in [9.17, 15) is 4.79 Å². The smallest absolute Gasteiger partial charge is 0.323 e. The van der Waals surface area contributed by atoms with Crippen molar-refractivity contribution in [1.82, 2.24) is 5.32 Å². The summed E-state index contributed by atoms with van der Waals surface area (Å²) in [6, 6.07) is 6.47. The minimum Gasteiger partial charge on any atom is -0.465 e. The Hall–Kier alpha value is -1.00. The van der Waals surface area contributed by atoms with E-state index >= 15 is 0 Å². The van der Waals surface area contributed by atoms with Crippen LogP contribution in [-0.4, -0.2) is 30.9 Å². The number of esters is 1. The third kappa shape index (κ3) is 7.00. The van der Waals surface area contributed by atoms with Gasteiger partial charge in [-0.05, 0) is 45.1 Å². The summed E-state index contributed by atoms with van der Waals surface area (Å²) in [5.41, 5.74) is 3.97. The molecule has 0 radical (unpaired) electrons. The van der Waals surface area contributed by atoms with Crippen LogP contribution < -0.4 is 5.32 Å². The molecule has 21 heavy (non-hydrogen) atoms. The van der Waals surface area contributed by atoms with E-state index < -0.39 is 0 Å². The summed E-state index contributed by atoms with van der Waals surface area (Å²) < 4.78 is 5.09. The number of benzene rings is 1. The van der Waals surface area contributed by atoms with Crippen LogP contribution in [0.2, 0.25) is 0 Å². The molecule has 1 rings (SSSR count). The normalized spacial score (nSPS) is 12.2. The number of ether oxygens (including phenoxy) is 1. The summed E-state index contributed by atoms with van der Waals surface area (Å²) in [7, 11) is 0. The number of carbonyl (C=O) groups excluding carboxylic acids is 1. The quantitative estimate of drug-likeness (QED) is 0.560. The van der Waals surface area contributed by atoms with E-state index in [4.69, 9.17) is 4.74 Å². The van der Waals surface area contributed by atoms with Crippen LogP contribution in [0.4, 0.5) is 0 Å². The monoisotopic (exact) mass is 309 g/mol. The molecule has 4 heteroatoms. The lowest BCUT2D eigenvalue weighted by atomic mass is 10.1. The fraction of sp³-hybridized carbons (Fsp3) is 0.588. The second-order valence-electron chi connectivity index (χ2n) is 5.20. The molecule has 0 aromatic heterocycles. The topological polar surface area (TPSA) is 38.3 Å². The molecule has 0 amide bonds. The van der Waals surface area contributed by atoms with Crippen molar-refractivity contribution in [2.45, 2.75) is 45.9 Å². The van der Waals surface area contributed by atoms with Crippen LogP contribution in [-0.2, 0) is 15.3 Å². The Balaban J connectivity index is 2.38. The largest absolute Gasteiger partial charge is 0.465 e. The van der Waals surface area contributed by atoms with Gasteiger partial charge in [-0.3, -0.25) is 4.79 Å². The zero-order chi connectivity index (χ0) is 15.7. The van der Waals surface area contributed by atoms with Crippen molar-refractivity contribution in [3.63, 3.8) is 0 Å². The van der Waals surface area contributed by atoms with Gasteiger partial charge in [0, 0.05) is 5.75 Å². The van der Waals surface area contributed by atoms with E-state index in [0.29, 0.717) is 6.61 Å². The zero-order valence-electron chi connectivity index (χ0n) is 13.6. The summed E-state index contributed by atoms with van der Waals surface area (Å²) in [5, 5.41) is 3.20. The molecule has 1 aromatic carbocycles. The van der Waals surface area contributed by atoms with Gasteiger partial charge in [-0.25, -0.2) is 0 Å². The van der Waals surface area contributed by atoms with E-state index in [1.165, 1.54) is 16.7 Å².